The average Bonchev–Trinajstić information content (AvgIpc) is 2.86. The van der Waals surface area contributed by atoms with E-state index in [1.807, 2.05) is 0 Å². The second kappa shape index (κ2) is 13.1. The Labute approximate surface area is 287 Å². The molecule has 0 bridgehead atoms. The third kappa shape index (κ3) is 9.51. The SMILES string of the molecule is CC(C)(C)c1cc(C(C)(C)C)c(P=Cc2cccc(C=Pc3c(C(C)(C)C)cc(C(C)(C)C)cc3C(C)(C)C)n2)c(C(C)(C)C)c1. The van der Waals surface area contributed by atoms with Crippen molar-refractivity contribution in [2.24, 2.45) is 0 Å². The minimum absolute atomic E-state index is 0.0391. The maximum absolute atomic E-state index is 5.16. The molecule has 0 atom stereocenters. The zero-order chi connectivity index (χ0) is 35.3. The highest BCUT2D eigenvalue weighted by atomic mass is 31.1. The van der Waals surface area contributed by atoms with E-state index in [1.165, 1.54) is 60.4 Å². The van der Waals surface area contributed by atoms with Gasteiger partial charge in [0.1, 0.15) is 0 Å². The van der Waals surface area contributed by atoms with E-state index in [-0.39, 0.29) is 32.5 Å². The standard InChI is InChI=1S/C43H63NP2/c1-38(2,3)28-22-32(40(7,8)9)36(33(23-28)41(10,11)12)45-26-30-20-19-21-31(44-30)27-46-37-34(42(13,14)15)24-29(39(4,5)6)25-35(37)43(16,17)18/h19-27H,1-18H3. The lowest BCUT2D eigenvalue weighted by molar-refractivity contribution is 0.553. The monoisotopic (exact) mass is 655 g/mol. The van der Waals surface area contributed by atoms with Crippen LogP contribution in [0.5, 0.6) is 0 Å². The van der Waals surface area contributed by atoms with E-state index in [9.17, 15) is 0 Å². The van der Waals surface area contributed by atoms with Crippen LogP contribution in [0.25, 0.3) is 0 Å². The largest absolute Gasteiger partial charge is 0.248 e. The first-order valence-electron chi connectivity index (χ1n) is 17.0. The van der Waals surface area contributed by atoms with Gasteiger partial charge in [0.2, 0.25) is 0 Å². The van der Waals surface area contributed by atoms with Gasteiger partial charge in [0.25, 0.3) is 0 Å². The van der Waals surface area contributed by atoms with Gasteiger partial charge in [0.05, 0.1) is 11.4 Å². The van der Waals surface area contributed by atoms with Crippen molar-refractivity contribution in [1.82, 2.24) is 4.98 Å². The molecule has 1 aromatic heterocycles. The minimum Gasteiger partial charge on any atom is -0.248 e. The van der Waals surface area contributed by atoms with Gasteiger partial charge < -0.3 is 0 Å². The zero-order valence-corrected chi connectivity index (χ0v) is 34.3. The lowest BCUT2D eigenvalue weighted by atomic mass is 9.75. The highest BCUT2D eigenvalue weighted by molar-refractivity contribution is 7.48. The van der Waals surface area contributed by atoms with Gasteiger partial charge in [-0.2, -0.15) is 0 Å². The second-order valence-electron chi connectivity index (χ2n) is 19.3. The molecule has 2 aromatic carbocycles. The van der Waals surface area contributed by atoms with Gasteiger partial charge in [0, 0.05) is 10.6 Å². The molecule has 0 aliphatic rings. The van der Waals surface area contributed by atoms with Crippen molar-refractivity contribution in [2.75, 3.05) is 0 Å². The van der Waals surface area contributed by atoms with E-state index in [0.717, 1.165) is 11.4 Å². The number of hydrogen-bond acceptors (Lipinski definition) is 1. The summed E-state index contributed by atoms with van der Waals surface area (Å²) in [6, 6.07) is 16.3. The lowest BCUT2D eigenvalue weighted by Gasteiger charge is -2.32. The first kappa shape index (κ1) is 38.4. The van der Waals surface area contributed by atoms with Crippen LogP contribution in [-0.2, 0) is 32.5 Å². The van der Waals surface area contributed by atoms with Crippen molar-refractivity contribution in [3.8, 4) is 0 Å². The van der Waals surface area contributed by atoms with Crippen LogP contribution >= 0.6 is 16.4 Å². The maximum atomic E-state index is 5.16. The van der Waals surface area contributed by atoms with Crippen molar-refractivity contribution >= 4 is 38.6 Å². The Morgan fingerprint density at radius 3 is 0.891 bits per heavy atom. The highest BCUT2D eigenvalue weighted by Gasteiger charge is 2.30. The molecule has 3 aromatic rings. The molecule has 0 spiro atoms. The summed E-state index contributed by atoms with van der Waals surface area (Å²) in [4.78, 5) is 5.16. The van der Waals surface area contributed by atoms with Crippen LogP contribution in [0.4, 0.5) is 0 Å². The zero-order valence-electron chi connectivity index (χ0n) is 32.5. The Kier molecular flexibility index (Phi) is 10.9. The van der Waals surface area contributed by atoms with Crippen molar-refractivity contribution < 1.29 is 0 Å². The number of nitrogens with zero attached hydrogens (tertiary/aromatic N) is 1. The second-order valence-corrected chi connectivity index (χ2v) is 21.3. The third-order valence-corrected chi connectivity index (χ3v) is 10.9. The molecular weight excluding hydrogens is 592 g/mol. The third-order valence-electron chi connectivity index (χ3n) is 8.63. The van der Waals surface area contributed by atoms with Gasteiger partial charge >= 0.3 is 0 Å². The molecule has 0 saturated heterocycles. The van der Waals surface area contributed by atoms with Crippen molar-refractivity contribution in [1.29, 1.82) is 0 Å². The van der Waals surface area contributed by atoms with Gasteiger partial charge in [0.15, 0.2) is 0 Å². The van der Waals surface area contributed by atoms with E-state index in [0.29, 0.717) is 0 Å². The number of rotatable bonds is 4. The predicted molar refractivity (Wildman–Crippen MR) is 213 cm³/mol. The molecule has 250 valence electrons. The van der Waals surface area contributed by atoms with Crippen molar-refractivity contribution in [3.05, 3.63) is 87.2 Å². The van der Waals surface area contributed by atoms with E-state index in [4.69, 9.17) is 4.98 Å². The predicted octanol–water partition coefficient (Wildman–Crippen LogP) is 11.7. The minimum atomic E-state index is 0.0391. The van der Waals surface area contributed by atoms with Gasteiger partial charge in [-0.05, 0) is 89.6 Å². The van der Waals surface area contributed by atoms with E-state index < -0.39 is 0 Å². The summed E-state index contributed by atoms with van der Waals surface area (Å²) >= 11 is 0. The van der Waals surface area contributed by atoms with E-state index in [2.05, 4.69) is 179 Å². The fourth-order valence-corrected chi connectivity index (χ4v) is 8.54. The molecule has 0 amide bonds. The normalized spacial score (nSPS) is 14.1. The van der Waals surface area contributed by atoms with Crippen LogP contribution in [0.15, 0.2) is 42.5 Å². The Hall–Kier alpha value is -2.07. The summed E-state index contributed by atoms with van der Waals surface area (Å²) in [6.07, 6.45) is 0. The molecule has 1 nitrogen and oxygen atoms in total. The molecular formula is C43H63NP2. The number of benzene rings is 2. The Morgan fingerprint density at radius 2 is 0.674 bits per heavy atom. The quantitative estimate of drug-likeness (QED) is 0.255. The molecule has 0 fully saturated rings. The maximum Gasteiger partial charge on any atom is 0.0682 e. The Morgan fingerprint density at radius 1 is 0.413 bits per heavy atom. The highest BCUT2D eigenvalue weighted by Crippen LogP contribution is 2.37. The molecule has 3 rings (SSSR count). The molecule has 0 aliphatic heterocycles. The first-order chi connectivity index (χ1) is 20.6. The van der Waals surface area contributed by atoms with Crippen LogP contribution < -0.4 is 10.6 Å². The van der Waals surface area contributed by atoms with Gasteiger partial charge in [-0.3, -0.25) is 0 Å². The molecule has 0 radical (unpaired) electrons. The summed E-state index contributed by atoms with van der Waals surface area (Å²) in [5.41, 5.74) is 11.0. The Bertz CT molecular complexity index is 1420. The van der Waals surface area contributed by atoms with Crippen LogP contribution in [-0.4, -0.2) is 16.6 Å². The van der Waals surface area contributed by atoms with Crippen LogP contribution in [0, 0.1) is 0 Å². The average molecular weight is 656 g/mol. The van der Waals surface area contributed by atoms with Gasteiger partial charge in [-0.1, -0.05) is 171 Å². The Balaban J connectivity index is 2.17. The summed E-state index contributed by atoms with van der Waals surface area (Å²) in [6.45, 7) is 42.1. The lowest BCUT2D eigenvalue weighted by Crippen LogP contribution is -2.29. The molecule has 0 N–H and O–H groups in total. The fraction of sp³-hybridized carbons (Fsp3) is 0.558. The van der Waals surface area contributed by atoms with Crippen LogP contribution in [0.3, 0.4) is 0 Å². The molecule has 46 heavy (non-hydrogen) atoms. The molecule has 0 aliphatic carbocycles. The van der Waals surface area contributed by atoms with Crippen LogP contribution in [0.2, 0.25) is 0 Å². The summed E-state index contributed by atoms with van der Waals surface area (Å²) in [7, 11) is 2.38. The van der Waals surface area contributed by atoms with Gasteiger partial charge in [-0.25, -0.2) is 4.98 Å². The molecule has 1 heterocycles. The summed E-state index contributed by atoms with van der Waals surface area (Å²) in [5.74, 6) is 4.62. The van der Waals surface area contributed by atoms with E-state index >= 15 is 0 Å². The summed E-state index contributed by atoms with van der Waals surface area (Å²) < 4.78 is 0. The fourth-order valence-electron chi connectivity index (χ4n) is 5.57. The molecule has 0 unspecified atom stereocenters. The van der Waals surface area contributed by atoms with E-state index in [1.54, 1.807) is 0 Å². The number of aromatic nitrogens is 1. The summed E-state index contributed by atoms with van der Waals surface area (Å²) in [5, 5.41) is 2.84. The molecule has 0 saturated carbocycles. The van der Waals surface area contributed by atoms with Crippen LogP contribution in [0.1, 0.15) is 169 Å². The van der Waals surface area contributed by atoms with Crippen molar-refractivity contribution in [3.63, 3.8) is 0 Å². The smallest absolute Gasteiger partial charge is 0.0682 e. The number of hydrogen-bond donors (Lipinski definition) is 0. The van der Waals surface area contributed by atoms with Gasteiger partial charge in [-0.15, -0.1) is 0 Å². The molecule has 3 heteroatoms. The topological polar surface area (TPSA) is 12.9 Å². The first-order valence-corrected chi connectivity index (χ1v) is 19.0. The van der Waals surface area contributed by atoms with Crippen molar-refractivity contribution in [2.45, 2.75) is 157 Å². The number of pyridine rings is 1.